The van der Waals surface area contributed by atoms with Crippen molar-refractivity contribution in [1.82, 2.24) is 20.3 Å². The van der Waals surface area contributed by atoms with Crippen molar-refractivity contribution in [3.05, 3.63) is 64.1 Å². The zero-order valence-electron chi connectivity index (χ0n) is 21.2. The van der Waals surface area contributed by atoms with Crippen molar-refractivity contribution in [3.8, 4) is 11.5 Å². The highest BCUT2D eigenvalue weighted by molar-refractivity contribution is 5.99. The summed E-state index contributed by atoms with van der Waals surface area (Å²) in [6.07, 6.45) is 3.46. The third-order valence-electron chi connectivity index (χ3n) is 5.92. The van der Waals surface area contributed by atoms with E-state index in [2.05, 4.69) is 30.9 Å². The Morgan fingerprint density at radius 2 is 1.77 bits per heavy atom. The van der Waals surface area contributed by atoms with Gasteiger partial charge < -0.3 is 36.3 Å². The number of carbonyl (C=O) groups is 2. The number of carbonyl (C=O) groups excluding carboxylic acids is 1. The van der Waals surface area contributed by atoms with E-state index in [1.165, 1.54) is 6.07 Å². The lowest BCUT2D eigenvalue weighted by molar-refractivity contribution is -0.138. The van der Waals surface area contributed by atoms with E-state index in [-0.39, 0.29) is 29.8 Å². The van der Waals surface area contributed by atoms with Crippen molar-refractivity contribution in [3.63, 3.8) is 0 Å². The fourth-order valence-corrected chi connectivity index (χ4v) is 3.84. The van der Waals surface area contributed by atoms with Crippen molar-refractivity contribution in [1.29, 1.82) is 0 Å². The van der Waals surface area contributed by atoms with Crippen LogP contribution in [0.3, 0.4) is 0 Å². The van der Waals surface area contributed by atoms with Gasteiger partial charge in [-0.05, 0) is 55.5 Å². The van der Waals surface area contributed by atoms with Crippen molar-refractivity contribution in [2.24, 2.45) is 5.73 Å². The monoisotopic (exact) mass is 537 g/mol. The second kappa shape index (κ2) is 13.2. The zero-order valence-corrected chi connectivity index (χ0v) is 21.2. The van der Waals surface area contributed by atoms with Gasteiger partial charge in [0.1, 0.15) is 17.5 Å². The summed E-state index contributed by atoms with van der Waals surface area (Å²) in [5.41, 5.74) is 6.46. The van der Waals surface area contributed by atoms with E-state index in [1.54, 1.807) is 12.1 Å². The van der Waals surface area contributed by atoms with Crippen molar-refractivity contribution < 1.29 is 24.2 Å². The van der Waals surface area contributed by atoms with E-state index in [9.17, 15) is 19.5 Å². The number of fused-ring (bicyclic) bond motifs is 10. The molecule has 13 heteroatoms. The molecule has 13 nitrogen and oxygen atoms in total. The van der Waals surface area contributed by atoms with Crippen LogP contribution in [0.2, 0.25) is 0 Å². The summed E-state index contributed by atoms with van der Waals surface area (Å²) < 4.78 is 11.8. The molecule has 0 saturated carbocycles. The number of anilines is 3. The van der Waals surface area contributed by atoms with Crippen LogP contribution < -0.4 is 36.8 Å². The number of nitrogens with two attached hydrogens (primary N) is 1. The van der Waals surface area contributed by atoms with Crippen LogP contribution in [-0.2, 0) is 11.3 Å². The topological polar surface area (TPSA) is 194 Å². The van der Waals surface area contributed by atoms with Gasteiger partial charge in [0.25, 0.3) is 5.91 Å². The molecule has 0 radical (unpaired) electrons. The van der Waals surface area contributed by atoms with Crippen molar-refractivity contribution in [2.75, 3.05) is 30.4 Å². The average Bonchev–Trinajstić information content (AvgIpc) is 2.91. The van der Waals surface area contributed by atoms with Crippen LogP contribution in [0, 0.1) is 0 Å². The number of carboxylic acid groups (broad SMARTS) is 1. The maximum absolute atomic E-state index is 12.9. The van der Waals surface area contributed by atoms with E-state index in [0.29, 0.717) is 25.4 Å². The predicted octanol–water partition coefficient (Wildman–Crippen LogP) is 1.99. The molecule has 2 aromatic carbocycles. The summed E-state index contributed by atoms with van der Waals surface area (Å²) in [4.78, 5) is 47.1. The highest BCUT2D eigenvalue weighted by Gasteiger charge is 2.22. The minimum absolute atomic E-state index is 0.126. The van der Waals surface area contributed by atoms with Gasteiger partial charge in [-0.3, -0.25) is 9.78 Å². The molecule has 1 atom stereocenters. The van der Waals surface area contributed by atoms with Crippen LogP contribution in [0.4, 0.5) is 17.6 Å². The van der Waals surface area contributed by atoms with Gasteiger partial charge in [-0.1, -0.05) is 12.1 Å². The van der Waals surface area contributed by atoms with Gasteiger partial charge in [0.15, 0.2) is 0 Å². The summed E-state index contributed by atoms with van der Waals surface area (Å²) >= 11 is 0. The number of aromatic amines is 1. The summed E-state index contributed by atoms with van der Waals surface area (Å²) in [6.45, 7) is 1.06. The number of nitrogens with zero attached hydrogens (tertiary/aromatic N) is 2. The minimum atomic E-state index is -1.24. The van der Waals surface area contributed by atoms with E-state index in [1.807, 2.05) is 24.3 Å². The van der Waals surface area contributed by atoms with Crippen molar-refractivity contribution in [2.45, 2.75) is 38.3 Å². The Bertz CT molecular complexity index is 1350. The van der Waals surface area contributed by atoms with E-state index >= 15 is 0 Å². The molecule has 1 amide bonds. The quantitative estimate of drug-likeness (QED) is 0.285. The summed E-state index contributed by atoms with van der Waals surface area (Å²) in [7, 11) is 0. The number of hydrogen-bond donors (Lipinski definition) is 6. The van der Waals surface area contributed by atoms with Gasteiger partial charge in [-0.2, -0.15) is 9.97 Å². The first-order chi connectivity index (χ1) is 18.9. The minimum Gasteiger partial charge on any atom is -0.494 e. The number of amides is 1. The van der Waals surface area contributed by atoms with E-state index in [0.717, 1.165) is 37.0 Å². The molecule has 2 aliphatic rings. The number of aromatic nitrogens is 3. The molecule has 5 rings (SSSR count). The molecule has 3 aromatic rings. The van der Waals surface area contributed by atoms with Crippen LogP contribution in [0.5, 0.6) is 11.5 Å². The SMILES string of the molecule is NC[C@@H](NC(=O)c1ccc2cc1OCCCCCCOc1ccc(cc1)CNc1nc([nH]c(=O)n1)N2)C(=O)O. The van der Waals surface area contributed by atoms with Gasteiger partial charge >= 0.3 is 11.7 Å². The number of ether oxygens (including phenoxy) is 2. The first kappa shape index (κ1) is 27.4. The standard InChI is InChI=1S/C26H31N7O6/c27-14-20(23(35)36)30-22(34)19-10-7-17-13-21(19)39-12-4-2-1-3-11-38-18-8-5-16(6-9-18)15-28-24-31-25(29-17)33-26(37)32-24/h5-10,13,20H,1-4,11-12,14-15,27H2,(H,30,34)(H,35,36)(H3,28,29,31,32,33,37)/t20-/m1/s1. The number of benzene rings is 2. The van der Waals surface area contributed by atoms with E-state index in [4.69, 9.17) is 15.2 Å². The highest BCUT2D eigenvalue weighted by atomic mass is 16.5. The zero-order chi connectivity index (χ0) is 27.6. The summed E-state index contributed by atoms with van der Waals surface area (Å²) in [6, 6.07) is 11.1. The van der Waals surface area contributed by atoms with Gasteiger partial charge in [0, 0.05) is 24.8 Å². The summed E-state index contributed by atoms with van der Waals surface area (Å²) in [5, 5.41) is 17.7. The third kappa shape index (κ3) is 7.92. The van der Waals surface area contributed by atoms with Crippen LogP contribution in [0.15, 0.2) is 47.3 Å². The maximum atomic E-state index is 12.9. The number of hydrogen-bond acceptors (Lipinski definition) is 10. The normalized spacial score (nSPS) is 14.8. The van der Waals surface area contributed by atoms with E-state index < -0.39 is 23.6 Å². The Hall–Kier alpha value is -4.65. The number of rotatable bonds is 4. The molecule has 6 bridgehead atoms. The number of H-pyrrole nitrogens is 1. The van der Waals surface area contributed by atoms with Crippen LogP contribution in [0.25, 0.3) is 0 Å². The Labute approximate surface area is 224 Å². The molecule has 0 unspecified atom stereocenters. The first-order valence-electron chi connectivity index (χ1n) is 12.6. The molecule has 1 aromatic heterocycles. The largest absolute Gasteiger partial charge is 0.494 e. The Morgan fingerprint density at radius 1 is 1.03 bits per heavy atom. The lowest BCUT2D eigenvalue weighted by Gasteiger charge is -2.16. The van der Waals surface area contributed by atoms with Crippen LogP contribution in [-0.4, -0.2) is 57.7 Å². The predicted molar refractivity (Wildman–Crippen MR) is 144 cm³/mol. The van der Waals surface area contributed by atoms with Gasteiger partial charge in [0.2, 0.25) is 11.9 Å². The third-order valence-corrected chi connectivity index (χ3v) is 5.92. The fourth-order valence-electron chi connectivity index (χ4n) is 3.84. The maximum Gasteiger partial charge on any atom is 0.351 e. The fraction of sp³-hybridized carbons (Fsp3) is 0.346. The molecule has 7 N–H and O–H groups in total. The Balaban J connectivity index is 1.59. The summed E-state index contributed by atoms with van der Waals surface area (Å²) in [5.74, 6) is -0.600. The van der Waals surface area contributed by atoms with Gasteiger partial charge in [0.05, 0.1) is 18.8 Å². The molecule has 0 fully saturated rings. The number of carboxylic acids is 1. The second-order valence-electron chi connectivity index (χ2n) is 8.87. The molecule has 206 valence electrons. The lowest BCUT2D eigenvalue weighted by atomic mass is 10.1. The molecular weight excluding hydrogens is 506 g/mol. The second-order valence-corrected chi connectivity index (χ2v) is 8.87. The molecule has 0 aliphatic carbocycles. The molecule has 3 heterocycles. The van der Waals surface area contributed by atoms with Crippen molar-refractivity contribution >= 4 is 29.5 Å². The number of aliphatic carboxylic acids is 1. The lowest BCUT2D eigenvalue weighted by Crippen LogP contribution is -2.45. The Morgan fingerprint density at radius 3 is 2.49 bits per heavy atom. The first-order valence-corrected chi connectivity index (χ1v) is 12.6. The molecular formula is C26H31N7O6. The molecule has 0 saturated heterocycles. The Kier molecular flexibility index (Phi) is 9.29. The highest BCUT2D eigenvalue weighted by Crippen LogP contribution is 2.26. The van der Waals surface area contributed by atoms with Crippen LogP contribution in [0.1, 0.15) is 41.6 Å². The number of nitrogens with one attached hydrogen (secondary N) is 4. The molecule has 2 aliphatic heterocycles. The smallest absolute Gasteiger partial charge is 0.351 e. The molecule has 39 heavy (non-hydrogen) atoms. The van der Waals surface area contributed by atoms with Gasteiger partial charge in [-0.15, -0.1) is 0 Å². The average molecular weight is 538 g/mol. The molecule has 0 spiro atoms. The van der Waals surface area contributed by atoms with Gasteiger partial charge in [-0.25, -0.2) is 9.59 Å². The van der Waals surface area contributed by atoms with Crippen LogP contribution >= 0.6 is 0 Å².